The molecule has 2 aromatic rings. The number of nitrogens with zero attached hydrogens (tertiary/aromatic N) is 1. The number of nitrogens with one attached hydrogen (secondary N) is 1. The molecule has 4 rings (SSSR count). The van der Waals surface area contributed by atoms with E-state index in [-0.39, 0.29) is 17.9 Å². The van der Waals surface area contributed by atoms with Crippen LogP contribution in [0.3, 0.4) is 0 Å². The van der Waals surface area contributed by atoms with Gasteiger partial charge in [0.15, 0.2) is 0 Å². The third-order valence-electron chi connectivity index (χ3n) is 6.92. The summed E-state index contributed by atoms with van der Waals surface area (Å²) < 4.78 is 6.41. The molecule has 2 amide bonds. The van der Waals surface area contributed by atoms with Crippen molar-refractivity contribution in [2.75, 3.05) is 7.11 Å². The lowest BCUT2D eigenvalue weighted by Gasteiger charge is -2.36. The highest BCUT2D eigenvalue weighted by Gasteiger charge is 2.42. The maximum absolute atomic E-state index is 13.6. The van der Waals surface area contributed by atoms with Crippen molar-refractivity contribution in [1.82, 2.24) is 10.2 Å². The number of fused-ring (bicyclic) bond motifs is 1. The highest BCUT2D eigenvalue weighted by molar-refractivity contribution is 9.10. The van der Waals surface area contributed by atoms with E-state index in [2.05, 4.69) is 35.1 Å². The molecule has 0 saturated heterocycles. The summed E-state index contributed by atoms with van der Waals surface area (Å²) >= 11 is 3.50. The molecular formula is C25H29BrN2O3. The molecule has 0 radical (unpaired) electrons. The van der Waals surface area contributed by atoms with Crippen molar-refractivity contribution >= 4 is 27.7 Å². The van der Waals surface area contributed by atoms with Gasteiger partial charge in [-0.25, -0.2) is 0 Å². The zero-order valence-corrected chi connectivity index (χ0v) is 19.8. The van der Waals surface area contributed by atoms with Gasteiger partial charge in [0.2, 0.25) is 5.91 Å². The van der Waals surface area contributed by atoms with Gasteiger partial charge in [-0.05, 0) is 48.1 Å². The number of rotatable bonds is 5. The van der Waals surface area contributed by atoms with Gasteiger partial charge in [0.05, 0.1) is 13.7 Å². The highest BCUT2D eigenvalue weighted by Crippen LogP contribution is 2.38. The zero-order valence-electron chi connectivity index (χ0n) is 18.2. The maximum Gasteiger partial charge on any atom is 0.255 e. The van der Waals surface area contributed by atoms with Crippen LogP contribution in [0.2, 0.25) is 0 Å². The topological polar surface area (TPSA) is 58.6 Å². The van der Waals surface area contributed by atoms with Crippen LogP contribution in [0, 0.1) is 11.8 Å². The largest absolute Gasteiger partial charge is 0.496 e. The molecule has 0 bridgehead atoms. The summed E-state index contributed by atoms with van der Waals surface area (Å²) in [4.78, 5) is 28.5. The summed E-state index contributed by atoms with van der Waals surface area (Å²) in [7, 11) is 1.61. The average Bonchev–Trinajstić information content (AvgIpc) is 3.03. The number of carbonyl (C=O) groups excluding carboxylic acids is 2. The molecule has 164 valence electrons. The van der Waals surface area contributed by atoms with Crippen molar-refractivity contribution in [1.29, 1.82) is 0 Å². The summed E-state index contributed by atoms with van der Waals surface area (Å²) in [5.41, 5.74) is 2.23. The molecule has 1 N–H and O–H groups in total. The number of hydrogen-bond donors (Lipinski definition) is 1. The van der Waals surface area contributed by atoms with Gasteiger partial charge in [0.1, 0.15) is 11.8 Å². The fraction of sp³-hybridized carbons (Fsp3) is 0.440. The van der Waals surface area contributed by atoms with Gasteiger partial charge in [0.25, 0.3) is 5.91 Å². The van der Waals surface area contributed by atoms with Gasteiger partial charge >= 0.3 is 0 Å². The molecule has 2 aromatic carbocycles. The molecule has 1 fully saturated rings. The van der Waals surface area contributed by atoms with Crippen molar-refractivity contribution in [3.05, 3.63) is 63.6 Å². The molecule has 2 aliphatic rings. The Kier molecular flexibility index (Phi) is 6.37. The molecule has 1 aliphatic heterocycles. The number of amides is 2. The monoisotopic (exact) mass is 484 g/mol. The lowest BCUT2D eigenvalue weighted by molar-refractivity contribution is -0.127. The molecule has 5 nitrogen and oxygen atoms in total. The van der Waals surface area contributed by atoms with E-state index in [0.29, 0.717) is 29.7 Å². The smallest absolute Gasteiger partial charge is 0.255 e. The first-order valence-electron chi connectivity index (χ1n) is 10.9. The quantitative estimate of drug-likeness (QED) is 0.642. The fourth-order valence-corrected chi connectivity index (χ4v) is 5.33. The minimum Gasteiger partial charge on any atom is -0.496 e. The van der Waals surface area contributed by atoms with Crippen LogP contribution >= 0.6 is 15.9 Å². The standard InChI is InChI=1S/C25H29BrN2O3/c1-15-7-6-10-21(16(15)2)27-24(29)23-19-8-4-5-9-20(19)25(30)28(23)14-17-13-18(26)11-12-22(17)31-3/h4-5,8-9,11-13,15-16,21,23H,6-7,10,14H2,1-3H3,(H,27,29)/t15-,16-,21+,23+/m0/s1. The third-order valence-corrected chi connectivity index (χ3v) is 7.42. The molecule has 0 spiro atoms. The molecular weight excluding hydrogens is 456 g/mol. The van der Waals surface area contributed by atoms with Gasteiger partial charge in [-0.15, -0.1) is 0 Å². The predicted molar refractivity (Wildman–Crippen MR) is 124 cm³/mol. The van der Waals surface area contributed by atoms with Crippen LogP contribution in [0.4, 0.5) is 0 Å². The van der Waals surface area contributed by atoms with E-state index in [0.717, 1.165) is 28.4 Å². The second-order valence-corrected chi connectivity index (χ2v) is 9.68. The minimum absolute atomic E-state index is 0.0989. The second-order valence-electron chi connectivity index (χ2n) is 8.76. The molecule has 6 heteroatoms. The average molecular weight is 485 g/mol. The SMILES string of the molecule is COc1ccc(Br)cc1CN1C(=O)c2ccccc2[C@@H]1C(=O)N[C@@H]1CCC[C@H](C)[C@@H]1C. The normalized spacial score (nSPS) is 25.3. The molecule has 1 aliphatic carbocycles. The van der Waals surface area contributed by atoms with Crippen molar-refractivity contribution in [3.63, 3.8) is 0 Å². The summed E-state index contributed by atoms with van der Waals surface area (Å²) in [6, 6.07) is 12.6. The number of ether oxygens (including phenoxy) is 1. The van der Waals surface area contributed by atoms with E-state index in [9.17, 15) is 9.59 Å². The minimum atomic E-state index is -0.642. The number of benzene rings is 2. The Morgan fingerprint density at radius 3 is 2.74 bits per heavy atom. The summed E-state index contributed by atoms with van der Waals surface area (Å²) in [6.45, 7) is 4.76. The maximum atomic E-state index is 13.6. The van der Waals surface area contributed by atoms with Crippen molar-refractivity contribution < 1.29 is 14.3 Å². The van der Waals surface area contributed by atoms with Crippen LogP contribution in [0.5, 0.6) is 5.75 Å². The number of halogens is 1. The van der Waals surface area contributed by atoms with Gasteiger partial charge in [-0.1, -0.05) is 60.8 Å². The Bertz CT molecular complexity index is 992. The summed E-state index contributed by atoms with van der Waals surface area (Å²) in [6.07, 6.45) is 3.31. The van der Waals surface area contributed by atoms with Crippen molar-refractivity contribution in [2.45, 2.75) is 51.7 Å². The predicted octanol–water partition coefficient (Wildman–Crippen LogP) is 5.10. The van der Waals surface area contributed by atoms with Crippen molar-refractivity contribution in [3.8, 4) is 5.75 Å². The number of hydrogen-bond acceptors (Lipinski definition) is 3. The van der Waals surface area contributed by atoms with E-state index in [1.807, 2.05) is 36.4 Å². The van der Waals surface area contributed by atoms with E-state index >= 15 is 0 Å². The Morgan fingerprint density at radius 1 is 1.19 bits per heavy atom. The van der Waals surface area contributed by atoms with Crippen LogP contribution in [-0.2, 0) is 11.3 Å². The first-order chi connectivity index (χ1) is 14.9. The first kappa shape index (κ1) is 21.9. The van der Waals surface area contributed by atoms with Crippen LogP contribution in [-0.4, -0.2) is 29.9 Å². The summed E-state index contributed by atoms with van der Waals surface area (Å²) in [5, 5.41) is 3.28. The van der Waals surface area contributed by atoms with Gasteiger partial charge < -0.3 is 15.0 Å². The van der Waals surface area contributed by atoms with E-state index in [4.69, 9.17) is 4.74 Å². The molecule has 1 heterocycles. The lowest BCUT2D eigenvalue weighted by atomic mass is 9.78. The van der Waals surface area contributed by atoms with Crippen LogP contribution in [0.1, 0.15) is 60.6 Å². The van der Waals surface area contributed by atoms with Gasteiger partial charge in [-0.2, -0.15) is 0 Å². The van der Waals surface area contributed by atoms with E-state index in [1.165, 1.54) is 6.42 Å². The fourth-order valence-electron chi connectivity index (χ4n) is 4.92. The summed E-state index contributed by atoms with van der Waals surface area (Å²) in [5.74, 6) is 1.48. The first-order valence-corrected chi connectivity index (χ1v) is 11.7. The van der Waals surface area contributed by atoms with Crippen LogP contribution in [0.15, 0.2) is 46.9 Å². The molecule has 4 atom stereocenters. The molecule has 31 heavy (non-hydrogen) atoms. The lowest BCUT2D eigenvalue weighted by Crippen LogP contribution is -2.48. The van der Waals surface area contributed by atoms with Crippen molar-refractivity contribution in [2.24, 2.45) is 11.8 Å². The highest BCUT2D eigenvalue weighted by atomic mass is 79.9. The van der Waals surface area contributed by atoms with E-state index < -0.39 is 6.04 Å². The van der Waals surface area contributed by atoms with Crippen LogP contribution in [0.25, 0.3) is 0 Å². The molecule has 1 saturated carbocycles. The Hall–Kier alpha value is -2.34. The Morgan fingerprint density at radius 2 is 1.97 bits per heavy atom. The van der Waals surface area contributed by atoms with E-state index in [1.54, 1.807) is 18.1 Å². The van der Waals surface area contributed by atoms with Crippen LogP contribution < -0.4 is 10.1 Å². The Balaban J connectivity index is 1.65. The number of methoxy groups -OCH3 is 1. The van der Waals surface area contributed by atoms with Gasteiger partial charge in [-0.3, -0.25) is 9.59 Å². The number of carbonyl (C=O) groups is 2. The Labute approximate surface area is 192 Å². The van der Waals surface area contributed by atoms with Gasteiger partial charge in [0, 0.05) is 21.6 Å². The molecule has 0 unspecified atom stereocenters. The third kappa shape index (κ3) is 4.22. The second kappa shape index (κ2) is 9.03. The zero-order chi connectivity index (χ0) is 22.1. The molecule has 0 aromatic heterocycles.